The van der Waals surface area contributed by atoms with Crippen molar-refractivity contribution in [3.8, 4) is 22.6 Å². The number of methoxy groups -OCH3 is 2. The van der Waals surface area contributed by atoms with E-state index in [9.17, 15) is 4.79 Å². The predicted octanol–water partition coefficient (Wildman–Crippen LogP) is 4.48. The standard InChI is InChI=1S/C24H22N2O4/c1-15(24(27)25-16-12-13-21(28-2)22(14-16)29-3)30-26-23-19-10-6-4-8-17(19)18-9-5-7-11-20(18)23/h4-15H,1-3H3,(H,25,27). The van der Waals surface area contributed by atoms with Crippen molar-refractivity contribution in [3.05, 3.63) is 77.9 Å². The number of carbonyl (C=O) groups excluding carboxylic acids is 1. The first-order chi connectivity index (χ1) is 14.6. The van der Waals surface area contributed by atoms with E-state index in [1.54, 1.807) is 39.3 Å². The van der Waals surface area contributed by atoms with E-state index in [4.69, 9.17) is 14.3 Å². The Labute approximate surface area is 175 Å². The molecule has 1 aliphatic rings. The van der Waals surface area contributed by atoms with Crippen LogP contribution in [0.1, 0.15) is 18.1 Å². The van der Waals surface area contributed by atoms with Crippen molar-refractivity contribution in [1.82, 2.24) is 0 Å². The average Bonchev–Trinajstić information content (AvgIpc) is 3.11. The SMILES string of the molecule is COc1ccc(NC(=O)C(C)ON=C2c3ccccc3-c3ccccc32)cc1OC. The minimum Gasteiger partial charge on any atom is -0.493 e. The highest BCUT2D eigenvalue weighted by Gasteiger charge is 2.25. The molecule has 6 nitrogen and oxygen atoms in total. The number of rotatable bonds is 6. The fourth-order valence-corrected chi connectivity index (χ4v) is 3.43. The maximum absolute atomic E-state index is 12.6. The van der Waals surface area contributed by atoms with Gasteiger partial charge in [-0.1, -0.05) is 53.7 Å². The Bertz CT molecular complexity index is 1080. The number of hydrogen-bond donors (Lipinski definition) is 1. The van der Waals surface area contributed by atoms with Crippen molar-refractivity contribution in [2.75, 3.05) is 19.5 Å². The van der Waals surface area contributed by atoms with Crippen LogP contribution in [0.4, 0.5) is 5.69 Å². The largest absolute Gasteiger partial charge is 0.493 e. The van der Waals surface area contributed by atoms with Gasteiger partial charge in [-0.15, -0.1) is 0 Å². The van der Waals surface area contributed by atoms with E-state index in [-0.39, 0.29) is 5.91 Å². The summed E-state index contributed by atoms with van der Waals surface area (Å²) in [6, 6.07) is 21.2. The first-order valence-corrected chi connectivity index (χ1v) is 9.58. The third-order valence-electron chi connectivity index (χ3n) is 4.98. The number of fused-ring (bicyclic) bond motifs is 3. The summed E-state index contributed by atoms with van der Waals surface area (Å²) >= 11 is 0. The minimum atomic E-state index is -0.787. The first kappa shape index (κ1) is 19.5. The molecule has 0 aliphatic heterocycles. The maximum Gasteiger partial charge on any atom is 0.267 e. The van der Waals surface area contributed by atoms with Gasteiger partial charge in [0, 0.05) is 22.9 Å². The van der Waals surface area contributed by atoms with E-state index in [1.807, 2.05) is 36.4 Å². The Hall–Kier alpha value is -3.80. The van der Waals surface area contributed by atoms with Crippen LogP contribution in [-0.4, -0.2) is 31.9 Å². The van der Waals surface area contributed by atoms with Crippen molar-refractivity contribution < 1.29 is 19.1 Å². The summed E-state index contributed by atoms with van der Waals surface area (Å²) in [5.41, 5.74) is 5.51. The van der Waals surface area contributed by atoms with Gasteiger partial charge in [0.15, 0.2) is 11.5 Å². The second-order valence-electron chi connectivity index (χ2n) is 6.84. The first-order valence-electron chi connectivity index (χ1n) is 9.58. The molecule has 1 amide bonds. The molecule has 0 saturated carbocycles. The lowest BCUT2D eigenvalue weighted by atomic mass is 10.1. The molecule has 6 heteroatoms. The number of ether oxygens (including phenoxy) is 2. The van der Waals surface area contributed by atoms with Crippen LogP contribution in [0.3, 0.4) is 0 Å². The summed E-state index contributed by atoms with van der Waals surface area (Å²) in [4.78, 5) is 18.2. The molecule has 3 aromatic carbocycles. The Morgan fingerprint density at radius 3 is 1.97 bits per heavy atom. The molecule has 1 N–H and O–H groups in total. The van der Waals surface area contributed by atoms with E-state index in [0.29, 0.717) is 17.2 Å². The summed E-state index contributed by atoms with van der Waals surface area (Å²) in [7, 11) is 3.10. The van der Waals surface area contributed by atoms with Crippen LogP contribution in [-0.2, 0) is 9.63 Å². The van der Waals surface area contributed by atoms with E-state index in [2.05, 4.69) is 22.6 Å². The van der Waals surface area contributed by atoms with Crippen molar-refractivity contribution in [2.24, 2.45) is 5.16 Å². The van der Waals surface area contributed by atoms with Gasteiger partial charge < -0.3 is 19.6 Å². The molecule has 1 aliphatic carbocycles. The van der Waals surface area contributed by atoms with Gasteiger partial charge in [0.2, 0.25) is 6.10 Å². The Balaban J connectivity index is 1.51. The van der Waals surface area contributed by atoms with Crippen LogP contribution in [0.15, 0.2) is 71.9 Å². The monoisotopic (exact) mass is 402 g/mol. The maximum atomic E-state index is 12.6. The topological polar surface area (TPSA) is 69.2 Å². The van der Waals surface area contributed by atoms with Crippen molar-refractivity contribution >= 4 is 17.3 Å². The molecule has 0 radical (unpaired) electrons. The number of hydrogen-bond acceptors (Lipinski definition) is 5. The number of benzene rings is 3. The lowest BCUT2D eigenvalue weighted by Crippen LogP contribution is -2.26. The molecule has 4 rings (SSSR count). The van der Waals surface area contributed by atoms with Gasteiger partial charge in [-0.3, -0.25) is 4.79 Å². The van der Waals surface area contributed by atoms with Crippen LogP contribution < -0.4 is 14.8 Å². The fourth-order valence-electron chi connectivity index (χ4n) is 3.43. The van der Waals surface area contributed by atoms with Crippen LogP contribution in [0.2, 0.25) is 0 Å². The van der Waals surface area contributed by atoms with E-state index in [0.717, 1.165) is 28.0 Å². The normalized spacial score (nSPS) is 12.4. The van der Waals surface area contributed by atoms with Gasteiger partial charge >= 0.3 is 0 Å². The van der Waals surface area contributed by atoms with Crippen LogP contribution in [0.5, 0.6) is 11.5 Å². The lowest BCUT2D eigenvalue weighted by molar-refractivity contribution is -0.126. The summed E-state index contributed by atoms with van der Waals surface area (Å²) in [6.07, 6.45) is -0.787. The van der Waals surface area contributed by atoms with Gasteiger partial charge in [-0.25, -0.2) is 0 Å². The number of nitrogens with zero attached hydrogens (tertiary/aromatic N) is 1. The van der Waals surface area contributed by atoms with Crippen LogP contribution in [0.25, 0.3) is 11.1 Å². The molecule has 3 aromatic rings. The number of anilines is 1. The fraction of sp³-hybridized carbons (Fsp3) is 0.167. The summed E-state index contributed by atoms with van der Waals surface area (Å²) in [6.45, 7) is 1.66. The van der Waals surface area contributed by atoms with Gasteiger partial charge in [-0.2, -0.15) is 0 Å². The predicted molar refractivity (Wildman–Crippen MR) is 116 cm³/mol. The molecule has 1 unspecified atom stereocenters. The Kier molecular flexibility index (Phi) is 5.39. The lowest BCUT2D eigenvalue weighted by Gasteiger charge is -2.13. The third kappa shape index (κ3) is 3.59. The molecule has 0 spiro atoms. The molecule has 1 atom stereocenters. The summed E-state index contributed by atoms with van der Waals surface area (Å²) in [5.74, 6) is 0.805. The summed E-state index contributed by atoms with van der Waals surface area (Å²) in [5, 5.41) is 7.15. The zero-order valence-electron chi connectivity index (χ0n) is 17.0. The van der Waals surface area contributed by atoms with E-state index >= 15 is 0 Å². The van der Waals surface area contributed by atoms with Gasteiger partial charge in [0.05, 0.1) is 14.2 Å². The van der Waals surface area contributed by atoms with Crippen molar-refractivity contribution in [3.63, 3.8) is 0 Å². The van der Waals surface area contributed by atoms with Crippen molar-refractivity contribution in [1.29, 1.82) is 0 Å². The highest BCUT2D eigenvalue weighted by atomic mass is 16.6. The second kappa shape index (κ2) is 8.29. The Morgan fingerprint density at radius 2 is 1.40 bits per heavy atom. The molecule has 152 valence electrons. The highest BCUT2D eigenvalue weighted by molar-refractivity contribution is 6.24. The number of amides is 1. The number of carbonyl (C=O) groups is 1. The van der Waals surface area contributed by atoms with Crippen LogP contribution in [0, 0.1) is 0 Å². The second-order valence-corrected chi connectivity index (χ2v) is 6.84. The Morgan fingerprint density at radius 1 is 0.833 bits per heavy atom. The third-order valence-corrected chi connectivity index (χ3v) is 4.98. The number of nitrogens with one attached hydrogen (secondary N) is 1. The molecule has 0 fully saturated rings. The molecule has 30 heavy (non-hydrogen) atoms. The molecule has 0 saturated heterocycles. The van der Waals surface area contributed by atoms with Crippen LogP contribution >= 0.6 is 0 Å². The quantitative estimate of drug-likeness (QED) is 0.483. The van der Waals surface area contributed by atoms with E-state index < -0.39 is 6.10 Å². The molecule has 0 aromatic heterocycles. The number of oxime groups is 1. The van der Waals surface area contributed by atoms with Gasteiger partial charge in [0.25, 0.3) is 5.91 Å². The van der Waals surface area contributed by atoms with Crippen molar-refractivity contribution in [2.45, 2.75) is 13.0 Å². The van der Waals surface area contributed by atoms with Gasteiger partial charge in [0.1, 0.15) is 5.71 Å². The average molecular weight is 402 g/mol. The minimum absolute atomic E-state index is 0.314. The molecule has 0 bridgehead atoms. The van der Waals surface area contributed by atoms with E-state index in [1.165, 1.54) is 0 Å². The molecule has 0 heterocycles. The zero-order valence-corrected chi connectivity index (χ0v) is 17.0. The highest BCUT2D eigenvalue weighted by Crippen LogP contribution is 2.36. The molecular weight excluding hydrogens is 380 g/mol. The zero-order chi connectivity index (χ0) is 21.1. The van der Waals surface area contributed by atoms with Gasteiger partial charge in [-0.05, 0) is 30.2 Å². The summed E-state index contributed by atoms with van der Waals surface area (Å²) < 4.78 is 10.5. The smallest absolute Gasteiger partial charge is 0.267 e. The molecular formula is C24H22N2O4.